The second kappa shape index (κ2) is 6.89. The zero-order chi connectivity index (χ0) is 16.1. The SMILES string of the molecule is O=C(NCc1cccnc1)c1n[nH]nc1Nc1ccc(Cl)cc1. The summed E-state index contributed by atoms with van der Waals surface area (Å²) < 4.78 is 0. The number of carbonyl (C=O) groups is 1. The van der Waals surface area contributed by atoms with E-state index in [0.717, 1.165) is 11.3 Å². The molecule has 7 nitrogen and oxygen atoms in total. The predicted octanol–water partition coefficient (Wildman–Crippen LogP) is 2.53. The van der Waals surface area contributed by atoms with Crippen LogP contribution in [0.4, 0.5) is 11.5 Å². The molecular weight excluding hydrogens is 316 g/mol. The average molecular weight is 329 g/mol. The number of anilines is 2. The fourth-order valence-electron chi connectivity index (χ4n) is 1.92. The molecule has 0 aliphatic heterocycles. The van der Waals surface area contributed by atoms with Gasteiger partial charge in [-0.2, -0.15) is 5.21 Å². The van der Waals surface area contributed by atoms with E-state index in [9.17, 15) is 4.79 Å². The Labute approximate surface area is 137 Å². The quantitative estimate of drug-likeness (QED) is 0.669. The first-order chi connectivity index (χ1) is 11.2. The highest BCUT2D eigenvalue weighted by atomic mass is 35.5. The summed E-state index contributed by atoms with van der Waals surface area (Å²) in [5.74, 6) is 0.00933. The fourth-order valence-corrected chi connectivity index (χ4v) is 2.04. The van der Waals surface area contributed by atoms with Crippen molar-refractivity contribution in [2.75, 3.05) is 5.32 Å². The molecule has 3 rings (SSSR count). The van der Waals surface area contributed by atoms with Gasteiger partial charge in [-0.1, -0.05) is 17.7 Å². The van der Waals surface area contributed by atoms with Gasteiger partial charge in [-0.3, -0.25) is 9.78 Å². The monoisotopic (exact) mass is 328 g/mol. The largest absolute Gasteiger partial charge is 0.346 e. The van der Waals surface area contributed by atoms with Crippen LogP contribution in [0.1, 0.15) is 16.1 Å². The number of aromatic amines is 1. The van der Waals surface area contributed by atoms with E-state index in [2.05, 4.69) is 31.0 Å². The topological polar surface area (TPSA) is 95.6 Å². The second-order valence-electron chi connectivity index (χ2n) is 4.70. The number of hydrogen-bond donors (Lipinski definition) is 3. The van der Waals surface area contributed by atoms with Gasteiger partial charge in [-0.25, -0.2) is 0 Å². The predicted molar refractivity (Wildman–Crippen MR) is 86.5 cm³/mol. The van der Waals surface area contributed by atoms with E-state index in [4.69, 9.17) is 11.6 Å². The van der Waals surface area contributed by atoms with Crippen LogP contribution in [0.15, 0.2) is 48.8 Å². The molecule has 3 aromatic rings. The van der Waals surface area contributed by atoms with Crippen LogP contribution in [0.5, 0.6) is 0 Å². The van der Waals surface area contributed by atoms with E-state index in [0.29, 0.717) is 17.4 Å². The highest BCUT2D eigenvalue weighted by molar-refractivity contribution is 6.30. The number of aromatic nitrogens is 4. The number of nitrogens with zero attached hydrogens (tertiary/aromatic N) is 3. The Morgan fingerprint density at radius 2 is 2.00 bits per heavy atom. The highest BCUT2D eigenvalue weighted by Gasteiger charge is 2.16. The van der Waals surface area contributed by atoms with Crippen molar-refractivity contribution < 1.29 is 4.79 Å². The van der Waals surface area contributed by atoms with Gasteiger partial charge in [-0.15, -0.1) is 10.2 Å². The van der Waals surface area contributed by atoms with Crippen LogP contribution in [0.2, 0.25) is 5.02 Å². The first-order valence-corrected chi connectivity index (χ1v) is 7.20. The maximum atomic E-state index is 12.2. The summed E-state index contributed by atoms with van der Waals surface area (Å²) in [6.07, 6.45) is 3.37. The number of hydrogen-bond acceptors (Lipinski definition) is 5. The van der Waals surface area contributed by atoms with Crippen LogP contribution < -0.4 is 10.6 Å². The lowest BCUT2D eigenvalue weighted by molar-refractivity contribution is 0.0946. The molecule has 0 fully saturated rings. The summed E-state index contributed by atoms with van der Waals surface area (Å²) in [6.45, 7) is 0.361. The second-order valence-corrected chi connectivity index (χ2v) is 5.13. The molecule has 0 aliphatic rings. The minimum Gasteiger partial charge on any atom is -0.346 e. The van der Waals surface area contributed by atoms with Crippen LogP contribution in [0.3, 0.4) is 0 Å². The van der Waals surface area contributed by atoms with E-state index < -0.39 is 0 Å². The number of nitrogens with one attached hydrogen (secondary N) is 3. The van der Waals surface area contributed by atoms with Crippen molar-refractivity contribution in [3.63, 3.8) is 0 Å². The molecule has 0 bridgehead atoms. The molecular formula is C15H13ClN6O. The first-order valence-electron chi connectivity index (χ1n) is 6.83. The Morgan fingerprint density at radius 3 is 2.74 bits per heavy atom. The summed E-state index contributed by atoms with van der Waals surface area (Å²) >= 11 is 5.84. The molecule has 1 aromatic carbocycles. The lowest BCUT2D eigenvalue weighted by atomic mass is 10.2. The van der Waals surface area contributed by atoms with Crippen molar-refractivity contribution in [3.05, 3.63) is 65.1 Å². The molecule has 23 heavy (non-hydrogen) atoms. The van der Waals surface area contributed by atoms with Crippen LogP contribution >= 0.6 is 11.6 Å². The molecule has 0 unspecified atom stereocenters. The number of pyridine rings is 1. The molecule has 8 heteroatoms. The molecule has 0 aliphatic carbocycles. The zero-order valence-electron chi connectivity index (χ0n) is 12.0. The van der Waals surface area contributed by atoms with E-state index in [1.165, 1.54) is 0 Å². The van der Waals surface area contributed by atoms with Gasteiger partial charge in [0.25, 0.3) is 5.91 Å². The molecule has 0 spiro atoms. The van der Waals surface area contributed by atoms with Crippen molar-refractivity contribution in [1.82, 2.24) is 25.7 Å². The van der Waals surface area contributed by atoms with Crippen LogP contribution in [0, 0.1) is 0 Å². The number of amides is 1. The van der Waals surface area contributed by atoms with Gasteiger partial charge >= 0.3 is 0 Å². The van der Waals surface area contributed by atoms with Crippen molar-refractivity contribution in [3.8, 4) is 0 Å². The molecule has 2 aromatic heterocycles. The third-order valence-electron chi connectivity index (χ3n) is 3.05. The minimum atomic E-state index is -0.334. The standard InChI is InChI=1S/C15H13ClN6O/c16-11-3-5-12(6-4-11)19-14-13(20-22-21-14)15(23)18-9-10-2-1-7-17-8-10/h1-8H,9H2,(H,18,23)(H2,19,20,21,22). The van der Waals surface area contributed by atoms with Crippen molar-refractivity contribution in [2.45, 2.75) is 6.54 Å². The van der Waals surface area contributed by atoms with E-state index in [1.54, 1.807) is 36.7 Å². The lowest BCUT2D eigenvalue weighted by Gasteiger charge is -2.06. The van der Waals surface area contributed by atoms with E-state index >= 15 is 0 Å². The smallest absolute Gasteiger partial charge is 0.275 e. The highest BCUT2D eigenvalue weighted by Crippen LogP contribution is 2.19. The van der Waals surface area contributed by atoms with Gasteiger partial charge in [0.2, 0.25) is 0 Å². The maximum absolute atomic E-state index is 12.2. The molecule has 0 radical (unpaired) electrons. The average Bonchev–Trinajstić information content (AvgIpc) is 3.04. The number of H-pyrrole nitrogens is 1. The number of benzene rings is 1. The fraction of sp³-hybridized carbons (Fsp3) is 0.0667. The Kier molecular flexibility index (Phi) is 4.49. The Bertz CT molecular complexity index is 787. The van der Waals surface area contributed by atoms with Gasteiger partial charge in [-0.05, 0) is 35.9 Å². The molecule has 116 valence electrons. The zero-order valence-corrected chi connectivity index (χ0v) is 12.7. The number of carbonyl (C=O) groups excluding carboxylic acids is 1. The summed E-state index contributed by atoms with van der Waals surface area (Å²) in [5.41, 5.74) is 1.84. The van der Waals surface area contributed by atoms with Crippen molar-refractivity contribution in [1.29, 1.82) is 0 Å². The first kappa shape index (κ1) is 15.0. The van der Waals surface area contributed by atoms with Crippen LogP contribution in [-0.2, 0) is 6.54 Å². The Hall–Kier alpha value is -2.93. The third kappa shape index (κ3) is 3.83. The summed E-state index contributed by atoms with van der Waals surface area (Å²) in [6, 6.07) is 10.7. The molecule has 0 saturated carbocycles. The third-order valence-corrected chi connectivity index (χ3v) is 3.30. The van der Waals surface area contributed by atoms with Gasteiger partial charge in [0.05, 0.1) is 0 Å². The van der Waals surface area contributed by atoms with Gasteiger partial charge in [0.15, 0.2) is 11.5 Å². The van der Waals surface area contributed by atoms with Crippen molar-refractivity contribution >= 4 is 29.0 Å². The number of halogens is 1. The van der Waals surface area contributed by atoms with Gasteiger partial charge in [0.1, 0.15) is 0 Å². The molecule has 1 amide bonds. The summed E-state index contributed by atoms with van der Waals surface area (Å²) in [5, 5.41) is 16.7. The van der Waals surface area contributed by atoms with Crippen LogP contribution in [-0.4, -0.2) is 26.3 Å². The maximum Gasteiger partial charge on any atom is 0.275 e. The van der Waals surface area contributed by atoms with E-state index in [-0.39, 0.29) is 11.6 Å². The van der Waals surface area contributed by atoms with Crippen LogP contribution in [0.25, 0.3) is 0 Å². The Balaban J connectivity index is 1.67. The Morgan fingerprint density at radius 1 is 1.17 bits per heavy atom. The number of rotatable bonds is 5. The summed E-state index contributed by atoms with van der Waals surface area (Å²) in [4.78, 5) is 16.2. The molecule has 2 heterocycles. The van der Waals surface area contributed by atoms with Crippen molar-refractivity contribution in [2.24, 2.45) is 0 Å². The molecule has 0 saturated heterocycles. The normalized spacial score (nSPS) is 10.3. The minimum absolute atomic E-state index is 0.184. The van der Waals surface area contributed by atoms with Gasteiger partial charge in [0, 0.05) is 29.6 Å². The van der Waals surface area contributed by atoms with E-state index in [1.807, 2.05) is 12.1 Å². The molecule has 0 atom stereocenters. The molecule has 3 N–H and O–H groups in total. The van der Waals surface area contributed by atoms with Gasteiger partial charge < -0.3 is 10.6 Å². The lowest BCUT2D eigenvalue weighted by Crippen LogP contribution is -2.24. The summed E-state index contributed by atoms with van der Waals surface area (Å²) in [7, 11) is 0.